The lowest BCUT2D eigenvalue weighted by Gasteiger charge is -2.18. The van der Waals surface area contributed by atoms with Gasteiger partial charge in [0.15, 0.2) is 20.4 Å². The number of ether oxygens (including phenoxy) is 3. The molecule has 0 saturated heterocycles. The molecule has 3 rings (SSSR count). The summed E-state index contributed by atoms with van der Waals surface area (Å²) in [5, 5.41) is 0. The topological polar surface area (TPSA) is 55.4 Å². The lowest BCUT2D eigenvalue weighted by Crippen LogP contribution is -2.32. The average molecular weight is 398 g/mol. The maximum Gasteiger partial charge on any atom is 0.491 e. The second-order valence-corrected chi connectivity index (χ2v) is 7.09. The van der Waals surface area contributed by atoms with Gasteiger partial charge in [0, 0.05) is 0 Å². The van der Waals surface area contributed by atoms with Gasteiger partial charge in [0.05, 0.1) is 0 Å². The number of benzene rings is 3. The third kappa shape index (κ3) is 7.41. The Morgan fingerprint density at radius 1 is 0.429 bits per heavy atom. The van der Waals surface area contributed by atoms with Crippen molar-refractivity contribution in [2.24, 2.45) is 0 Å². The van der Waals surface area contributed by atoms with Crippen LogP contribution in [0, 0.1) is 0 Å². The minimum atomic E-state index is -2.53. The van der Waals surface area contributed by atoms with Crippen LogP contribution in [0.5, 0.6) is 17.2 Å². The predicted molar refractivity (Wildman–Crippen MR) is 106 cm³/mol. The highest BCUT2D eigenvalue weighted by Crippen LogP contribution is 2.11. The first-order valence-electron chi connectivity index (χ1n) is 8.78. The summed E-state index contributed by atoms with van der Waals surface area (Å²) < 4.78 is 33.5. The van der Waals surface area contributed by atoms with Crippen molar-refractivity contribution in [1.82, 2.24) is 0 Å². The van der Waals surface area contributed by atoms with Gasteiger partial charge >= 0.3 is 9.53 Å². The van der Waals surface area contributed by atoms with Crippen molar-refractivity contribution in [3.8, 4) is 17.2 Å². The molecule has 7 heteroatoms. The molecule has 0 unspecified atom stereocenters. The fraction of sp³-hybridized carbons (Fsp3) is 0.143. The van der Waals surface area contributed by atoms with Crippen LogP contribution in [0.1, 0.15) is 0 Å². The van der Waals surface area contributed by atoms with Gasteiger partial charge in [0.1, 0.15) is 17.2 Å². The normalized spacial score (nSPS) is 10.6. The Balaban J connectivity index is 1.44. The molecule has 0 amide bonds. The van der Waals surface area contributed by atoms with Crippen LogP contribution >= 0.6 is 0 Å². The van der Waals surface area contributed by atoms with E-state index < -0.39 is 9.53 Å². The van der Waals surface area contributed by atoms with Gasteiger partial charge in [-0.2, -0.15) is 0 Å². The fourth-order valence-corrected chi connectivity index (χ4v) is 2.99. The van der Waals surface area contributed by atoms with Gasteiger partial charge in [0.25, 0.3) is 0 Å². The number of para-hydroxylation sites is 3. The molecule has 0 radical (unpaired) electrons. The van der Waals surface area contributed by atoms with E-state index in [1.54, 1.807) is 0 Å². The minimum Gasteiger partial charge on any atom is -0.468 e. The van der Waals surface area contributed by atoms with Gasteiger partial charge in [0.2, 0.25) is 0 Å². The van der Waals surface area contributed by atoms with Gasteiger partial charge in [-0.15, -0.1) is 0 Å². The molecular formula is C21H22O6Si. The van der Waals surface area contributed by atoms with Crippen LogP contribution < -0.4 is 14.2 Å². The molecule has 28 heavy (non-hydrogen) atoms. The molecule has 146 valence electrons. The largest absolute Gasteiger partial charge is 0.491 e. The molecule has 0 aliphatic rings. The summed E-state index contributed by atoms with van der Waals surface area (Å²) in [6.07, 6.45) is 0. The molecule has 0 saturated carbocycles. The zero-order valence-corrected chi connectivity index (χ0v) is 16.5. The second-order valence-electron chi connectivity index (χ2n) is 5.51. The monoisotopic (exact) mass is 398 g/mol. The van der Waals surface area contributed by atoms with Crippen molar-refractivity contribution >= 4 is 9.53 Å². The summed E-state index contributed by atoms with van der Waals surface area (Å²) >= 11 is 0. The molecule has 0 aliphatic carbocycles. The van der Waals surface area contributed by atoms with Crippen LogP contribution in [-0.2, 0) is 13.3 Å². The third-order valence-corrected chi connectivity index (χ3v) is 4.74. The van der Waals surface area contributed by atoms with Crippen LogP contribution in [0.25, 0.3) is 0 Å². The Kier molecular flexibility index (Phi) is 8.38. The highest BCUT2D eigenvalue weighted by Gasteiger charge is 2.17. The van der Waals surface area contributed by atoms with E-state index in [1.807, 2.05) is 91.0 Å². The maximum atomic E-state index is 5.63. The lowest BCUT2D eigenvalue weighted by molar-refractivity contribution is -0.0241. The summed E-state index contributed by atoms with van der Waals surface area (Å²) in [7, 11) is -2.53. The average Bonchev–Trinajstić information content (AvgIpc) is 2.76. The molecular weight excluding hydrogens is 376 g/mol. The Labute approximate surface area is 166 Å². The van der Waals surface area contributed by atoms with E-state index in [9.17, 15) is 0 Å². The van der Waals surface area contributed by atoms with Gasteiger partial charge in [-0.1, -0.05) is 54.6 Å². The van der Waals surface area contributed by atoms with Gasteiger partial charge < -0.3 is 27.5 Å². The van der Waals surface area contributed by atoms with Crippen molar-refractivity contribution in [2.75, 3.05) is 20.4 Å². The molecule has 0 spiro atoms. The van der Waals surface area contributed by atoms with Crippen LogP contribution in [0.4, 0.5) is 0 Å². The summed E-state index contributed by atoms with van der Waals surface area (Å²) in [4.78, 5) is 0. The van der Waals surface area contributed by atoms with Gasteiger partial charge in [-0.05, 0) is 36.4 Å². The lowest BCUT2D eigenvalue weighted by atomic mass is 10.3. The highest BCUT2D eigenvalue weighted by molar-refractivity contribution is 6.36. The van der Waals surface area contributed by atoms with Crippen LogP contribution in [-0.4, -0.2) is 29.9 Å². The first kappa shape index (κ1) is 19.9. The van der Waals surface area contributed by atoms with E-state index in [4.69, 9.17) is 27.5 Å². The SMILES string of the molecule is c1ccc(OCO[SiH](OCOc2ccccc2)OCOc2ccccc2)cc1. The van der Waals surface area contributed by atoms with Crippen LogP contribution in [0.2, 0.25) is 0 Å². The molecule has 0 fully saturated rings. The smallest absolute Gasteiger partial charge is 0.468 e. The molecule has 0 aromatic heterocycles. The number of hydrogen-bond acceptors (Lipinski definition) is 6. The number of rotatable bonds is 12. The van der Waals surface area contributed by atoms with E-state index in [-0.39, 0.29) is 20.4 Å². The van der Waals surface area contributed by atoms with E-state index in [1.165, 1.54) is 0 Å². The first-order chi connectivity index (χ1) is 13.9. The summed E-state index contributed by atoms with van der Waals surface area (Å²) in [5.41, 5.74) is 0. The Morgan fingerprint density at radius 2 is 0.714 bits per heavy atom. The van der Waals surface area contributed by atoms with Crippen LogP contribution in [0.15, 0.2) is 91.0 Å². The summed E-state index contributed by atoms with van der Waals surface area (Å²) in [6, 6.07) is 28.1. The molecule has 0 N–H and O–H groups in total. The van der Waals surface area contributed by atoms with Crippen molar-refractivity contribution in [3.63, 3.8) is 0 Å². The third-order valence-electron chi connectivity index (χ3n) is 3.52. The Bertz CT molecular complexity index is 665. The molecule has 0 atom stereocenters. The highest BCUT2D eigenvalue weighted by atomic mass is 28.3. The Hall–Kier alpha value is -2.84. The summed E-state index contributed by atoms with van der Waals surface area (Å²) in [5.74, 6) is 2.11. The van der Waals surface area contributed by atoms with E-state index in [0.29, 0.717) is 17.2 Å². The van der Waals surface area contributed by atoms with Gasteiger partial charge in [-0.25, -0.2) is 0 Å². The molecule has 3 aromatic carbocycles. The van der Waals surface area contributed by atoms with E-state index in [0.717, 1.165) is 0 Å². The molecule has 3 aromatic rings. The second kappa shape index (κ2) is 11.8. The van der Waals surface area contributed by atoms with Crippen molar-refractivity contribution in [1.29, 1.82) is 0 Å². The standard InChI is InChI=1S/C21H22O6Si/c1-4-10-19(11-5-1)22-16-25-28(26-17-23-20-12-6-2-7-13-20)27-18-24-21-14-8-3-9-15-21/h1-15,28H,16-18H2. The predicted octanol–water partition coefficient (Wildman–Crippen LogP) is 3.86. The molecule has 0 aliphatic heterocycles. The Morgan fingerprint density at radius 3 is 1.00 bits per heavy atom. The molecule has 0 bridgehead atoms. The number of hydrogen-bond donors (Lipinski definition) is 0. The zero-order chi connectivity index (χ0) is 19.3. The van der Waals surface area contributed by atoms with E-state index in [2.05, 4.69) is 0 Å². The van der Waals surface area contributed by atoms with Crippen molar-refractivity contribution in [2.45, 2.75) is 0 Å². The zero-order valence-electron chi connectivity index (χ0n) is 15.3. The van der Waals surface area contributed by atoms with Crippen LogP contribution in [0.3, 0.4) is 0 Å². The first-order valence-corrected chi connectivity index (χ1v) is 10.2. The summed E-state index contributed by atoms with van der Waals surface area (Å²) in [6.45, 7) is 0.0345. The minimum absolute atomic E-state index is 0.0115. The van der Waals surface area contributed by atoms with Crippen molar-refractivity contribution in [3.05, 3.63) is 91.0 Å². The van der Waals surface area contributed by atoms with Crippen molar-refractivity contribution < 1.29 is 27.5 Å². The van der Waals surface area contributed by atoms with Gasteiger partial charge in [-0.3, -0.25) is 0 Å². The quantitative estimate of drug-likeness (QED) is 0.341. The van der Waals surface area contributed by atoms with E-state index >= 15 is 0 Å². The molecule has 6 nitrogen and oxygen atoms in total. The fourth-order valence-electron chi connectivity index (χ4n) is 2.17. The molecule has 0 heterocycles. The maximum absolute atomic E-state index is 5.63.